The molecule has 0 amide bonds. The highest BCUT2D eigenvalue weighted by Gasteiger charge is 2.41. The van der Waals surface area contributed by atoms with Crippen molar-refractivity contribution < 1.29 is 0 Å². The molecule has 0 radical (unpaired) electrons. The molecular weight excluding hydrogens is 468 g/mol. The fraction of sp³-hybridized carbons (Fsp3) is 0.167. The lowest BCUT2D eigenvalue weighted by Crippen LogP contribution is -2.53. The van der Waals surface area contributed by atoms with Gasteiger partial charge in [-0.2, -0.15) is 0 Å². The Balaban J connectivity index is 1.54. The largest absolute Gasteiger partial charge is 0.399 e. The maximum absolute atomic E-state index is 6.41. The average molecular weight is 501 g/mol. The summed E-state index contributed by atoms with van der Waals surface area (Å²) in [5.74, 6) is 0. The van der Waals surface area contributed by atoms with Crippen molar-refractivity contribution in [2.24, 2.45) is 0 Å². The number of aryl methyl sites for hydroxylation is 6. The first-order valence-electron chi connectivity index (χ1n) is 14.1. The van der Waals surface area contributed by atoms with Crippen molar-refractivity contribution in [2.75, 3.05) is 5.73 Å². The van der Waals surface area contributed by atoms with Crippen molar-refractivity contribution in [3.8, 4) is 22.3 Å². The fourth-order valence-electron chi connectivity index (χ4n) is 7.89. The van der Waals surface area contributed by atoms with Crippen molar-refractivity contribution in [2.45, 2.75) is 41.5 Å². The number of anilines is 1. The predicted molar refractivity (Wildman–Crippen MR) is 172 cm³/mol. The van der Waals surface area contributed by atoms with Gasteiger partial charge in [-0.05, 0) is 75.9 Å². The smallest absolute Gasteiger partial charge is 0.243 e. The first-order valence-corrected chi connectivity index (χ1v) is 14.1. The molecule has 5 aromatic carbocycles. The Morgan fingerprint density at radius 2 is 0.872 bits per heavy atom. The van der Waals surface area contributed by atoms with E-state index in [9.17, 15) is 0 Å². The van der Waals surface area contributed by atoms with Gasteiger partial charge in [-0.3, -0.25) is 0 Å². The van der Waals surface area contributed by atoms with Gasteiger partial charge in [0.05, 0.1) is 0 Å². The molecular formula is C36H33B2N. The first-order chi connectivity index (χ1) is 18.7. The lowest BCUT2D eigenvalue weighted by Gasteiger charge is -2.20. The second kappa shape index (κ2) is 8.52. The van der Waals surface area contributed by atoms with E-state index in [0.29, 0.717) is 0 Å². The van der Waals surface area contributed by atoms with Crippen LogP contribution in [0.1, 0.15) is 33.4 Å². The molecule has 5 aromatic rings. The van der Waals surface area contributed by atoms with Gasteiger partial charge in [0.15, 0.2) is 0 Å². The van der Waals surface area contributed by atoms with Crippen LogP contribution >= 0.6 is 0 Å². The van der Waals surface area contributed by atoms with Gasteiger partial charge in [-0.15, -0.1) is 0 Å². The second-order valence-corrected chi connectivity index (χ2v) is 12.0. The van der Waals surface area contributed by atoms with Crippen LogP contribution in [0.4, 0.5) is 5.69 Å². The number of nitrogens with two attached hydrogens (primary N) is 1. The van der Waals surface area contributed by atoms with Crippen LogP contribution in [0.2, 0.25) is 0 Å². The van der Waals surface area contributed by atoms with E-state index in [2.05, 4.69) is 120 Å². The van der Waals surface area contributed by atoms with Crippen molar-refractivity contribution in [3.63, 3.8) is 0 Å². The van der Waals surface area contributed by atoms with Gasteiger partial charge >= 0.3 is 0 Å². The van der Waals surface area contributed by atoms with E-state index in [1.165, 1.54) is 88.4 Å². The minimum atomic E-state index is 0.179. The fourth-order valence-corrected chi connectivity index (χ4v) is 7.89. The number of hydrogen-bond acceptors (Lipinski definition) is 1. The lowest BCUT2D eigenvalue weighted by molar-refractivity contribution is 1.35. The summed E-state index contributed by atoms with van der Waals surface area (Å²) in [6, 6.07) is 29.9. The third-order valence-electron chi connectivity index (χ3n) is 9.14. The Kier molecular flexibility index (Phi) is 5.26. The molecule has 0 bridgehead atoms. The summed E-state index contributed by atoms with van der Waals surface area (Å²) in [5.41, 5.74) is 29.2. The molecule has 3 heteroatoms. The maximum Gasteiger partial charge on any atom is 0.243 e. The minimum absolute atomic E-state index is 0.179. The van der Waals surface area contributed by atoms with Gasteiger partial charge in [0.1, 0.15) is 0 Å². The lowest BCUT2D eigenvalue weighted by atomic mass is 9.36. The standard InChI is InChI=1S/C36H33B2N/c1-20-13-22(3)35(23(4)14-20)37-31-10-8-7-9-27(31)29-18-34-30(19-33(29)37)28-12-11-26(39)17-32(28)38(34)36-24(5)15-21(2)16-25(36)6/h7-19H,39H2,1-6H3. The predicted octanol–water partition coefficient (Wildman–Crippen LogP) is 4.11. The van der Waals surface area contributed by atoms with Crippen molar-refractivity contribution in [1.82, 2.24) is 0 Å². The highest BCUT2D eigenvalue weighted by molar-refractivity contribution is 7.01. The van der Waals surface area contributed by atoms with E-state index in [-0.39, 0.29) is 13.4 Å². The number of nitrogen functional groups attached to an aromatic ring is 1. The zero-order valence-electron chi connectivity index (χ0n) is 23.7. The molecule has 0 aromatic heterocycles. The van der Waals surface area contributed by atoms with Crippen molar-refractivity contribution in [3.05, 3.63) is 112 Å². The van der Waals surface area contributed by atoms with E-state index >= 15 is 0 Å². The van der Waals surface area contributed by atoms with Crippen LogP contribution in [0.25, 0.3) is 22.3 Å². The molecule has 0 saturated heterocycles. The van der Waals surface area contributed by atoms with E-state index in [1.54, 1.807) is 0 Å². The molecule has 7 rings (SSSR count). The first kappa shape index (κ1) is 24.1. The van der Waals surface area contributed by atoms with Gasteiger partial charge < -0.3 is 5.73 Å². The molecule has 2 aliphatic heterocycles. The highest BCUT2D eigenvalue weighted by atomic mass is 14.5. The summed E-state index contributed by atoms with van der Waals surface area (Å²) in [6.45, 7) is 13.9. The van der Waals surface area contributed by atoms with Gasteiger partial charge in [0.2, 0.25) is 13.4 Å². The van der Waals surface area contributed by atoms with Gasteiger partial charge in [0.25, 0.3) is 0 Å². The number of benzene rings is 5. The van der Waals surface area contributed by atoms with Gasteiger partial charge in [-0.1, -0.05) is 133 Å². The summed E-state index contributed by atoms with van der Waals surface area (Å²) in [6.07, 6.45) is 0. The Hall–Kier alpha value is -3.97. The number of fused-ring (bicyclic) bond motifs is 6. The van der Waals surface area contributed by atoms with E-state index in [1.807, 2.05) is 0 Å². The summed E-state index contributed by atoms with van der Waals surface area (Å²) < 4.78 is 0. The maximum atomic E-state index is 6.41. The molecule has 188 valence electrons. The topological polar surface area (TPSA) is 26.0 Å². The molecule has 2 aliphatic rings. The molecule has 0 aliphatic carbocycles. The third-order valence-corrected chi connectivity index (χ3v) is 9.14. The summed E-state index contributed by atoms with van der Waals surface area (Å²) in [4.78, 5) is 0. The zero-order chi connectivity index (χ0) is 27.2. The molecule has 2 heterocycles. The molecule has 0 fully saturated rings. The molecule has 0 atom stereocenters. The van der Waals surface area contributed by atoms with Crippen LogP contribution in [0, 0.1) is 41.5 Å². The average Bonchev–Trinajstić information content (AvgIpc) is 3.34. The van der Waals surface area contributed by atoms with Gasteiger partial charge in [0, 0.05) is 5.69 Å². The Bertz CT molecular complexity index is 1800. The van der Waals surface area contributed by atoms with Crippen LogP contribution in [0.5, 0.6) is 0 Å². The molecule has 0 spiro atoms. The van der Waals surface area contributed by atoms with Crippen LogP contribution < -0.4 is 38.5 Å². The van der Waals surface area contributed by atoms with Crippen molar-refractivity contribution in [1.29, 1.82) is 0 Å². The Morgan fingerprint density at radius 1 is 0.436 bits per heavy atom. The van der Waals surface area contributed by atoms with Crippen LogP contribution in [-0.4, -0.2) is 13.4 Å². The van der Waals surface area contributed by atoms with E-state index in [0.717, 1.165) is 5.69 Å². The van der Waals surface area contributed by atoms with Crippen LogP contribution in [-0.2, 0) is 0 Å². The van der Waals surface area contributed by atoms with E-state index in [4.69, 9.17) is 5.73 Å². The second-order valence-electron chi connectivity index (χ2n) is 12.0. The number of hydrogen-bond donors (Lipinski definition) is 1. The quantitative estimate of drug-likeness (QED) is 0.280. The van der Waals surface area contributed by atoms with Gasteiger partial charge in [-0.25, -0.2) is 0 Å². The summed E-state index contributed by atoms with van der Waals surface area (Å²) in [7, 11) is 0. The van der Waals surface area contributed by atoms with E-state index < -0.39 is 0 Å². The number of rotatable bonds is 2. The normalized spacial score (nSPS) is 12.9. The highest BCUT2D eigenvalue weighted by Crippen LogP contribution is 2.31. The summed E-state index contributed by atoms with van der Waals surface area (Å²) >= 11 is 0. The molecule has 39 heavy (non-hydrogen) atoms. The molecule has 0 saturated carbocycles. The molecule has 2 N–H and O–H groups in total. The SMILES string of the molecule is Cc1cc(C)c(B2c3ccccc3-c3cc4c(cc32)-c2ccc(N)cc2B4c2c(C)cc(C)cc2C)c(C)c1. The minimum Gasteiger partial charge on any atom is -0.399 e. The molecule has 0 unspecified atom stereocenters. The molecule has 1 nitrogen and oxygen atoms in total. The Labute approximate surface area is 233 Å². The summed E-state index contributed by atoms with van der Waals surface area (Å²) in [5, 5.41) is 0. The third kappa shape index (κ3) is 3.49. The van der Waals surface area contributed by atoms with Crippen LogP contribution in [0.15, 0.2) is 78.9 Å². The Morgan fingerprint density at radius 3 is 1.41 bits per heavy atom. The van der Waals surface area contributed by atoms with Crippen molar-refractivity contribution >= 4 is 51.9 Å². The monoisotopic (exact) mass is 501 g/mol. The zero-order valence-corrected chi connectivity index (χ0v) is 23.7. The van der Waals surface area contributed by atoms with Crippen LogP contribution in [0.3, 0.4) is 0 Å².